The van der Waals surface area contributed by atoms with Crippen molar-refractivity contribution in [2.24, 2.45) is 0 Å². The highest BCUT2D eigenvalue weighted by Crippen LogP contribution is 2.20. The Bertz CT molecular complexity index is 291. The van der Waals surface area contributed by atoms with E-state index in [1.807, 2.05) is 6.26 Å². The number of hydrogen-bond acceptors (Lipinski definition) is 3. The molecule has 0 amide bonds. The average Bonchev–Trinajstić information content (AvgIpc) is 2.83. The Morgan fingerprint density at radius 2 is 2.44 bits per heavy atom. The van der Waals surface area contributed by atoms with Crippen LogP contribution >= 0.6 is 0 Å². The van der Waals surface area contributed by atoms with E-state index >= 15 is 0 Å². The molecule has 0 radical (unpaired) electrons. The van der Waals surface area contributed by atoms with Crippen molar-refractivity contribution in [2.75, 3.05) is 20.1 Å². The molecule has 1 aliphatic heterocycles. The molecular formula is C13H22N2O. The van der Waals surface area contributed by atoms with Crippen LogP contribution in [0.5, 0.6) is 0 Å². The summed E-state index contributed by atoms with van der Waals surface area (Å²) in [6.45, 7) is 4.53. The first-order valence-corrected chi connectivity index (χ1v) is 6.23. The van der Waals surface area contributed by atoms with Gasteiger partial charge in [-0.05, 0) is 39.4 Å². The lowest BCUT2D eigenvalue weighted by Crippen LogP contribution is -2.43. The molecule has 3 nitrogen and oxygen atoms in total. The lowest BCUT2D eigenvalue weighted by molar-refractivity contribution is 0.214. The predicted octanol–water partition coefficient (Wildman–Crippen LogP) is 2.41. The van der Waals surface area contributed by atoms with Gasteiger partial charge in [-0.15, -0.1) is 0 Å². The van der Waals surface area contributed by atoms with Crippen LogP contribution in [0.4, 0.5) is 0 Å². The summed E-state index contributed by atoms with van der Waals surface area (Å²) in [7, 11) is 2.19. The van der Waals surface area contributed by atoms with E-state index in [0.29, 0.717) is 12.1 Å². The van der Waals surface area contributed by atoms with Crippen molar-refractivity contribution in [1.29, 1.82) is 0 Å². The normalized spacial score (nSPS) is 23.6. The maximum atomic E-state index is 5.13. The Kier molecular flexibility index (Phi) is 4.02. The molecule has 90 valence electrons. The first-order valence-electron chi connectivity index (χ1n) is 6.23. The second kappa shape index (κ2) is 5.51. The van der Waals surface area contributed by atoms with Gasteiger partial charge in [-0.1, -0.05) is 6.42 Å². The fourth-order valence-corrected chi connectivity index (χ4v) is 2.35. The monoisotopic (exact) mass is 222 g/mol. The Balaban J connectivity index is 1.84. The van der Waals surface area contributed by atoms with Crippen LogP contribution < -0.4 is 5.32 Å². The summed E-state index contributed by atoms with van der Waals surface area (Å²) in [5, 5.41) is 3.59. The van der Waals surface area contributed by atoms with Crippen molar-refractivity contribution in [3.63, 3.8) is 0 Å². The summed E-state index contributed by atoms with van der Waals surface area (Å²) in [6, 6.07) is 3.14. The van der Waals surface area contributed by atoms with Crippen LogP contribution in [0, 0.1) is 0 Å². The van der Waals surface area contributed by atoms with Gasteiger partial charge in [0.05, 0.1) is 12.5 Å². The molecule has 2 heterocycles. The second-order valence-corrected chi connectivity index (χ2v) is 4.82. The van der Waals surface area contributed by atoms with Crippen LogP contribution in [0.2, 0.25) is 0 Å². The van der Waals surface area contributed by atoms with Crippen molar-refractivity contribution in [3.05, 3.63) is 24.2 Å². The highest BCUT2D eigenvalue weighted by atomic mass is 16.3. The van der Waals surface area contributed by atoms with Gasteiger partial charge in [0.25, 0.3) is 0 Å². The molecule has 1 saturated heterocycles. The summed E-state index contributed by atoms with van der Waals surface area (Å²) in [4.78, 5) is 2.40. The third-order valence-electron chi connectivity index (χ3n) is 3.61. The molecule has 0 bridgehead atoms. The number of rotatable bonds is 4. The van der Waals surface area contributed by atoms with Gasteiger partial charge in [0.2, 0.25) is 0 Å². The Labute approximate surface area is 97.8 Å². The lowest BCUT2D eigenvalue weighted by atomic mass is 10.0. The Morgan fingerprint density at radius 3 is 3.06 bits per heavy atom. The van der Waals surface area contributed by atoms with Crippen LogP contribution in [-0.2, 0) is 0 Å². The first kappa shape index (κ1) is 11.7. The largest absolute Gasteiger partial charge is 0.472 e. The highest BCUT2D eigenvalue weighted by molar-refractivity contribution is 5.10. The summed E-state index contributed by atoms with van der Waals surface area (Å²) in [5.74, 6) is 0. The standard InChI is InChI=1S/C13H22N2O/c1-11(12-6-8-16-10-12)15(2)9-13-5-3-4-7-14-13/h6,8,10-11,13-14H,3-5,7,9H2,1-2H3. The summed E-state index contributed by atoms with van der Waals surface area (Å²) < 4.78 is 5.13. The zero-order valence-electron chi connectivity index (χ0n) is 10.3. The molecule has 3 heteroatoms. The minimum Gasteiger partial charge on any atom is -0.472 e. The highest BCUT2D eigenvalue weighted by Gasteiger charge is 2.18. The fourth-order valence-electron chi connectivity index (χ4n) is 2.35. The van der Waals surface area contributed by atoms with E-state index in [2.05, 4.69) is 30.3 Å². The molecule has 1 fully saturated rings. The third-order valence-corrected chi connectivity index (χ3v) is 3.61. The summed E-state index contributed by atoms with van der Waals surface area (Å²) in [6.07, 6.45) is 7.60. The van der Waals surface area contributed by atoms with Crippen molar-refractivity contribution >= 4 is 0 Å². The van der Waals surface area contributed by atoms with Gasteiger partial charge < -0.3 is 9.73 Å². The first-order chi connectivity index (χ1) is 7.77. The topological polar surface area (TPSA) is 28.4 Å². The lowest BCUT2D eigenvalue weighted by Gasteiger charge is -2.31. The zero-order chi connectivity index (χ0) is 11.4. The van der Waals surface area contributed by atoms with E-state index < -0.39 is 0 Å². The number of piperidine rings is 1. The van der Waals surface area contributed by atoms with Gasteiger partial charge in [-0.3, -0.25) is 4.90 Å². The van der Waals surface area contributed by atoms with Gasteiger partial charge >= 0.3 is 0 Å². The maximum Gasteiger partial charge on any atom is 0.0950 e. The van der Waals surface area contributed by atoms with Gasteiger partial charge in [0.1, 0.15) is 0 Å². The second-order valence-electron chi connectivity index (χ2n) is 4.82. The van der Waals surface area contributed by atoms with Crippen molar-refractivity contribution in [3.8, 4) is 0 Å². The molecule has 0 spiro atoms. The van der Waals surface area contributed by atoms with E-state index in [1.165, 1.54) is 31.4 Å². The molecule has 2 atom stereocenters. The van der Waals surface area contributed by atoms with Gasteiger partial charge in [-0.25, -0.2) is 0 Å². The third kappa shape index (κ3) is 2.86. The molecule has 1 aromatic heterocycles. The van der Waals surface area contributed by atoms with E-state index in [4.69, 9.17) is 4.42 Å². The molecular weight excluding hydrogens is 200 g/mol. The van der Waals surface area contributed by atoms with E-state index in [9.17, 15) is 0 Å². The molecule has 1 N–H and O–H groups in total. The number of furan rings is 1. The molecule has 2 unspecified atom stereocenters. The van der Waals surface area contributed by atoms with Crippen LogP contribution in [-0.4, -0.2) is 31.1 Å². The minimum atomic E-state index is 0.433. The van der Waals surface area contributed by atoms with Crippen LogP contribution in [0.15, 0.2) is 23.0 Å². The number of likely N-dealkylation sites (N-methyl/N-ethyl adjacent to an activating group) is 1. The molecule has 2 rings (SSSR count). The van der Waals surface area contributed by atoms with Crippen molar-refractivity contribution in [2.45, 2.75) is 38.3 Å². The fraction of sp³-hybridized carbons (Fsp3) is 0.692. The van der Waals surface area contributed by atoms with Gasteiger partial charge in [-0.2, -0.15) is 0 Å². The smallest absolute Gasteiger partial charge is 0.0950 e. The number of hydrogen-bond donors (Lipinski definition) is 1. The molecule has 1 aromatic rings. The maximum absolute atomic E-state index is 5.13. The quantitative estimate of drug-likeness (QED) is 0.848. The van der Waals surface area contributed by atoms with E-state index in [-0.39, 0.29) is 0 Å². The average molecular weight is 222 g/mol. The zero-order valence-corrected chi connectivity index (χ0v) is 10.3. The van der Waals surface area contributed by atoms with E-state index in [0.717, 1.165) is 6.54 Å². The minimum absolute atomic E-state index is 0.433. The van der Waals surface area contributed by atoms with Gasteiger partial charge in [0.15, 0.2) is 0 Å². The van der Waals surface area contributed by atoms with Crippen molar-refractivity contribution < 1.29 is 4.42 Å². The SMILES string of the molecule is CC(c1ccoc1)N(C)CC1CCCCN1. The van der Waals surface area contributed by atoms with E-state index in [1.54, 1.807) is 6.26 Å². The van der Waals surface area contributed by atoms with Crippen LogP contribution in [0.3, 0.4) is 0 Å². The summed E-state index contributed by atoms with van der Waals surface area (Å²) in [5.41, 5.74) is 1.26. The summed E-state index contributed by atoms with van der Waals surface area (Å²) >= 11 is 0. The molecule has 1 aliphatic rings. The van der Waals surface area contributed by atoms with Gasteiger partial charge in [0, 0.05) is 24.2 Å². The number of nitrogens with one attached hydrogen (secondary N) is 1. The Hall–Kier alpha value is -0.800. The molecule has 0 aliphatic carbocycles. The molecule has 0 saturated carbocycles. The Morgan fingerprint density at radius 1 is 1.56 bits per heavy atom. The molecule has 16 heavy (non-hydrogen) atoms. The van der Waals surface area contributed by atoms with Crippen LogP contribution in [0.25, 0.3) is 0 Å². The van der Waals surface area contributed by atoms with Crippen molar-refractivity contribution in [1.82, 2.24) is 10.2 Å². The molecule has 0 aromatic carbocycles. The van der Waals surface area contributed by atoms with Crippen LogP contribution in [0.1, 0.15) is 37.8 Å². The predicted molar refractivity (Wildman–Crippen MR) is 65.4 cm³/mol. The number of nitrogens with zero attached hydrogens (tertiary/aromatic N) is 1.